The van der Waals surface area contributed by atoms with Gasteiger partial charge < -0.3 is 10.8 Å². The lowest BCUT2D eigenvalue weighted by atomic mass is 9.68. The fourth-order valence-electron chi connectivity index (χ4n) is 2.02. The molecule has 82 valence electrons. The Morgan fingerprint density at radius 2 is 2.29 bits per heavy atom. The highest BCUT2D eigenvalue weighted by molar-refractivity contribution is 7.99. The van der Waals surface area contributed by atoms with Gasteiger partial charge in [0.05, 0.1) is 6.42 Å². The van der Waals surface area contributed by atoms with E-state index in [4.69, 9.17) is 10.8 Å². The van der Waals surface area contributed by atoms with Crippen molar-refractivity contribution in [2.24, 2.45) is 11.1 Å². The van der Waals surface area contributed by atoms with Crippen molar-refractivity contribution in [3.8, 4) is 0 Å². The molecule has 1 fully saturated rings. The summed E-state index contributed by atoms with van der Waals surface area (Å²) in [4.78, 5) is 10.9. The molecule has 0 aromatic rings. The number of nitrogens with two attached hydrogens (primary N) is 1. The van der Waals surface area contributed by atoms with Crippen molar-refractivity contribution in [3.63, 3.8) is 0 Å². The Labute approximate surface area is 89.4 Å². The maximum absolute atomic E-state index is 10.9. The third-order valence-corrected chi connectivity index (χ3v) is 4.51. The van der Waals surface area contributed by atoms with E-state index in [1.165, 1.54) is 0 Å². The molecule has 3 N–H and O–H groups in total. The van der Waals surface area contributed by atoms with Crippen molar-refractivity contribution in [2.75, 3.05) is 11.5 Å². The third kappa shape index (κ3) is 2.42. The molecule has 0 amide bonds. The highest BCUT2D eigenvalue weighted by Gasteiger charge is 2.44. The second-order valence-corrected chi connectivity index (χ2v) is 5.83. The number of carbonyl (C=O) groups is 1. The Morgan fingerprint density at radius 1 is 1.64 bits per heavy atom. The molecule has 3 nitrogen and oxygen atoms in total. The molecule has 1 unspecified atom stereocenters. The monoisotopic (exact) mass is 217 g/mol. The lowest BCUT2D eigenvalue weighted by molar-refractivity contribution is -0.140. The van der Waals surface area contributed by atoms with E-state index in [2.05, 4.69) is 0 Å². The number of hydrogen-bond donors (Lipinski definition) is 2. The van der Waals surface area contributed by atoms with Gasteiger partial charge in [-0.05, 0) is 32.4 Å². The van der Waals surface area contributed by atoms with Gasteiger partial charge in [0.15, 0.2) is 0 Å². The molecular formula is C10H19NO2S. The summed E-state index contributed by atoms with van der Waals surface area (Å²) in [5, 5.41) is 8.93. The van der Waals surface area contributed by atoms with Crippen LogP contribution in [0.15, 0.2) is 0 Å². The van der Waals surface area contributed by atoms with E-state index in [-0.39, 0.29) is 11.8 Å². The lowest BCUT2D eigenvalue weighted by Gasteiger charge is -2.46. The van der Waals surface area contributed by atoms with E-state index in [9.17, 15) is 4.79 Å². The standard InChI is InChI=1S/C10H19NO2S/c1-9(2,11)10(6-8(12)13)4-3-5-14-7-10/h3-7,11H2,1-2H3,(H,12,13). The molecule has 0 spiro atoms. The first-order chi connectivity index (χ1) is 6.37. The number of thioether (sulfide) groups is 1. The lowest BCUT2D eigenvalue weighted by Crippen LogP contribution is -2.54. The summed E-state index contributed by atoms with van der Waals surface area (Å²) in [7, 11) is 0. The van der Waals surface area contributed by atoms with Crippen molar-refractivity contribution < 1.29 is 9.90 Å². The minimum atomic E-state index is -0.731. The van der Waals surface area contributed by atoms with E-state index < -0.39 is 11.5 Å². The van der Waals surface area contributed by atoms with Gasteiger partial charge in [-0.1, -0.05) is 0 Å². The van der Waals surface area contributed by atoms with E-state index in [1.54, 1.807) is 0 Å². The highest BCUT2D eigenvalue weighted by Crippen LogP contribution is 2.44. The molecule has 0 aromatic carbocycles. The summed E-state index contributed by atoms with van der Waals surface area (Å²) in [5.41, 5.74) is 5.49. The summed E-state index contributed by atoms with van der Waals surface area (Å²) >= 11 is 1.83. The Hall–Kier alpha value is -0.220. The molecular weight excluding hydrogens is 198 g/mol. The topological polar surface area (TPSA) is 63.3 Å². The van der Waals surface area contributed by atoms with E-state index in [0.717, 1.165) is 24.3 Å². The van der Waals surface area contributed by atoms with Gasteiger partial charge in [0, 0.05) is 16.7 Å². The average molecular weight is 217 g/mol. The van der Waals surface area contributed by atoms with Crippen LogP contribution in [0.1, 0.15) is 33.1 Å². The molecule has 1 aliphatic rings. The third-order valence-electron chi connectivity index (χ3n) is 3.18. The van der Waals surface area contributed by atoms with Gasteiger partial charge in [0.1, 0.15) is 0 Å². The molecule has 0 radical (unpaired) electrons. The van der Waals surface area contributed by atoms with Gasteiger partial charge in [-0.2, -0.15) is 11.8 Å². The zero-order chi connectivity index (χ0) is 10.8. The maximum atomic E-state index is 10.9. The molecule has 1 rings (SSSR count). The van der Waals surface area contributed by atoms with Crippen molar-refractivity contribution in [2.45, 2.75) is 38.6 Å². The molecule has 1 aliphatic heterocycles. The second-order valence-electron chi connectivity index (χ2n) is 4.73. The van der Waals surface area contributed by atoms with Crippen LogP contribution in [0.5, 0.6) is 0 Å². The Bertz CT molecular complexity index is 217. The minimum Gasteiger partial charge on any atom is -0.481 e. The van der Waals surface area contributed by atoms with E-state index >= 15 is 0 Å². The van der Waals surface area contributed by atoms with Crippen LogP contribution in [0.25, 0.3) is 0 Å². The van der Waals surface area contributed by atoms with Gasteiger partial charge in [-0.25, -0.2) is 0 Å². The minimum absolute atomic E-state index is 0.198. The van der Waals surface area contributed by atoms with Crippen LogP contribution >= 0.6 is 11.8 Å². The normalized spacial score (nSPS) is 28.8. The van der Waals surface area contributed by atoms with Gasteiger partial charge in [0.25, 0.3) is 0 Å². The number of rotatable bonds is 3. The van der Waals surface area contributed by atoms with Crippen LogP contribution in [-0.2, 0) is 4.79 Å². The number of carboxylic acid groups (broad SMARTS) is 1. The molecule has 1 atom stereocenters. The number of hydrogen-bond acceptors (Lipinski definition) is 3. The fraction of sp³-hybridized carbons (Fsp3) is 0.900. The predicted octanol–water partition coefficient (Wildman–Crippen LogP) is 1.71. The summed E-state index contributed by atoms with van der Waals surface area (Å²) in [6.45, 7) is 3.89. The molecule has 0 bridgehead atoms. The Balaban J connectivity index is 2.83. The van der Waals surface area contributed by atoms with Crippen LogP contribution < -0.4 is 5.73 Å². The zero-order valence-corrected chi connectivity index (χ0v) is 9.69. The first-order valence-electron chi connectivity index (χ1n) is 4.96. The largest absolute Gasteiger partial charge is 0.481 e. The summed E-state index contributed by atoms with van der Waals surface area (Å²) in [6.07, 6.45) is 2.22. The summed E-state index contributed by atoms with van der Waals surface area (Å²) in [5.74, 6) is 1.28. The van der Waals surface area contributed by atoms with Crippen LogP contribution in [0.4, 0.5) is 0 Å². The van der Waals surface area contributed by atoms with Gasteiger partial charge in [-0.15, -0.1) is 0 Å². The smallest absolute Gasteiger partial charge is 0.304 e. The molecule has 4 heteroatoms. The van der Waals surface area contributed by atoms with E-state index in [1.807, 2.05) is 25.6 Å². The molecule has 14 heavy (non-hydrogen) atoms. The Morgan fingerprint density at radius 3 is 2.64 bits per heavy atom. The maximum Gasteiger partial charge on any atom is 0.304 e. The summed E-state index contributed by atoms with van der Waals surface area (Å²) < 4.78 is 0. The van der Waals surface area contributed by atoms with Crippen molar-refractivity contribution >= 4 is 17.7 Å². The van der Waals surface area contributed by atoms with Crippen molar-refractivity contribution in [3.05, 3.63) is 0 Å². The van der Waals surface area contributed by atoms with Crippen LogP contribution in [-0.4, -0.2) is 28.1 Å². The number of aliphatic carboxylic acids is 1. The predicted molar refractivity (Wildman–Crippen MR) is 59.5 cm³/mol. The van der Waals surface area contributed by atoms with Crippen LogP contribution in [0.3, 0.4) is 0 Å². The van der Waals surface area contributed by atoms with Gasteiger partial charge in [-0.3, -0.25) is 4.79 Å². The highest BCUT2D eigenvalue weighted by atomic mass is 32.2. The summed E-state index contributed by atoms with van der Waals surface area (Å²) in [6, 6.07) is 0. The van der Waals surface area contributed by atoms with Crippen LogP contribution in [0, 0.1) is 5.41 Å². The van der Waals surface area contributed by atoms with Gasteiger partial charge in [0.2, 0.25) is 0 Å². The second kappa shape index (κ2) is 4.11. The molecule has 1 heterocycles. The fourth-order valence-corrected chi connectivity index (χ4v) is 3.52. The Kier molecular flexibility index (Phi) is 3.48. The van der Waals surface area contributed by atoms with Crippen molar-refractivity contribution in [1.29, 1.82) is 0 Å². The van der Waals surface area contributed by atoms with E-state index in [0.29, 0.717) is 0 Å². The molecule has 0 aliphatic carbocycles. The first-order valence-corrected chi connectivity index (χ1v) is 6.11. The van der Waals surface area contributed by atoms with Crippen LogP contribution in [0.2, 0.25) is 0 Å². The van der Waals surface area contributed by atoms with Gasteiger partial charge >= 0.3 is 5.97 Å². The molecule has 0 aromatic heterocycles. The SMILES string of the molecule is CC(C)(N)C1(CC(=O)O)CCCSC1. The average Bonchev–Trinajstić information content (AvgIpc) is 2.02. The molecule has 1 saturated heterocycles. The molecule has 0 saturated carbocycles. The quantitative estimate of drug-likeness (QED) is 0.755. The first kappa shape index (κ1) is 11.9. The number of carboxylic acids is 1. The zero-order valence-electron chi connectivity index (χ0n) is 8.88. The van der Waals surface area contributed by atoms with Crippen molar-refractivity contribution in [1.82, 2.24) is 0 Å².